The zero-order chi connectivity index (χ0) is 16.5. The minimum atomic E-state index is -3.63. The first-order chi connectivity index (χ1) is 11.1. The van der Waals surface area contributed by atoms with E-state index in [-0.39, 0.29) is 19.0 Å². The van der Waals surface area contributed by atoms with Gasteiger partial charge >= 0.3 is 5.97 Å². The lowest BCUT2D eigenvalue weighted by Crippen LogP contribution is -2.12. The molecule has 0 aliphatic heterocycles. The predicted molar refractivity (Wildman–Crippen MR) is 86.4 cm³/mol. The summed E-state index contributed by atoms with van der Waals surface area (Å²) in [6.07, 6.45) is 0.312. The summed E-state index contributed by atoms with van der Waals surface area (Å²) in [5, 5.41) is 0. The first-order valence-corrected chi connectivity index (χ1v) is 8.78. The van der Waals surface area contributed by atoms with E-state index >= 15 is 0 Å². The molecule has 5 nitrogen and oxygen atoms in total. The van der Waals surface area contributed by atoms with Crippen LogP contribution in [0.2, 0.25) is 0 Å². The van der Waals surface area contributed by atoms with Crippen LogP contribution in [0.3, 0.4) is 0 Å². The summed E-state index contributed by atoms with van der Waals surface area (Å²) in [5.41, 5.74) is 1.13. The molecule has 0 fully saturated rings. The Morgan fingerprint density at radius 2 is 1.48 bits per heavy atom. The molecule has 2 aromatic rings. The Morgan fingerprint density at radius 3 is 2.13 bits per heavy atom. The SMILES string of the molecule is O=C(OCCCOS(=O)(=O)Cc1ccccc1)c1ccccc1. The van der Waals surface area contributed by atoms with Gasteiger partial charge in [-0.1, -0.05) is 48.5 Å². The summed E-state index contributed by atoms with van der Waals surface area (Å²) < 4.78 is 33.5. The van der Waals surface area contributed by atoms with Crippen molar-refractivity contribution in [2.24, 2.45) is 0 Å². The molecule has 0 unspecified atom stereocenters. The van der Waals surface area contributed by atoms with Gasteiger partial charge in [-0.2, -0.15) is 8.42 Å². The lowest BCUT2D eigenvalue weighted by Gasteiger charge is -2.07. The van der Waals surface area contributed by atoms with Gasteiger partial charge in [0, 0.05) is 6.42 Å². The molecule has 0 saturated heterocycles. The minimum Gasteiger partial charge on any atom is -0.462 e. The highest BCUT2D eigenvalue weighted by Gasteiger charge is 2.12. The van der Waals surface area contributed by atoms with Gasteiger partial charge in [-0.25, -0.2) is 4.79 Å². The van der Waals surface area contributed by atoms with Gasteiger partial charge in [0.2, 0.25) is 0 Å². The van der Waals surface area contributed by atoms with Crippen molar-refractivity contribution >= 4 is 16.1 Å². The zero-order valence-electron chi connectivity index (χ0n) is 12.6. The van der Waals surface area contributed by atoms with Gasteiger partial charge < -0.3 is 4.74 Å². The molecule has 0 radical (unpaired) electrons. The maximum absolute atomic E-state index is 11.8. The fourth-order valence-corrected chi connectivity index (χ4v) is 2.94. The van der Waals surface area contributed by atoms with Crippen LogP contribution in [0.5, 0.6) is 0 Å². The molecule has 0 amide bonds. The van der Waals surface area contributed by atoms with Crippen molar-refractivity contribution in [3.8, 4) is 0 Å². The number of rotatable bonds is 8. The molecule has 0 aromatic heterocycles. The van der Waals surface area contributed by atoms with Crippen LogP contribution in [-0.4, -0.2) is 27.6 Å². The van der Waals surface area contributed by atoms with E-state index in [1.54, 1.807) is 48.5 Å². The molecule has 0 spiro atoms. The molecule has 2 aromatic carbocycles. The molecule has 0 bridgehead atoms. The van der Waals surface area contributed by atoms with Crippen LogP contribution in [0.15, 0.2) is 60.7 Å². The summed E-state index contributed by atoms with van der Waals surface area (Å²) in [5.74, 6) is -0.602. The van der Waals surface area contributed by atoms with Gasteiger partial charge in [-0.05, 0) is 17.7 Å². The molecule has 23 heavy (non-hydrogen) atoms. The highest BCUT2D eigenvalue weighted by Crippen LogP contribution is 2.08. The molecule has 0 atom stereocenters. The first-order valence-electron chi connectivity index (χ1n) is 7.20. The lowest BCUT2D eigenvalue weighted by atomic mass is 10.2. The van der Waals surface area contributed by atoms with E-state index < -0.39 is 16.1 Å². The number of benzene rings is 2. The van der Waals surface area contributed by atoms with E-state index in [2.05, 4.69) is 0 Å². The van der Waals surface area contributed by atoms with E-state index in [1.807, 2.05) is 12.1 Å². The number of hydrogen-bond acceptors (Lipinski definition) is 5. The van der Waals surface area contributed by atoms with Crippen LogP contribution in [0.4, 0.5) is 0 Å². The molecule has 2 rings (SSSR count). The Hall–Kier alpha value is -2.18. The average Bonchev–Trinajstić information content (AvgIpc) is 2.55. The molecular formula is C17H18O5S. The highest BCUT2D eigenvalue weighted by atomic mass is 32.2. The summed E-state index contributed by atoms with van der Waals surface area (Å²) in [4.78, 5) is 11.7. The quantitative estimate of drug-likeness (QED) is 0.422. The second-order valence-corrected chi connectivity index (χ2v) is 6.50. The summed E-state index contributed by atoms with van der Waals surface area (Å²) >= 11 is 0. The number of carbonyl (C=O) groups is 1. The smallest absolute Gasteiger partial charge is 0.338 e. The van der Waals surface area contributed by atoms with E-state index in [4.69, 9.17) is 8.92 Å². The standard InChI is InChI=1S/C17H18O5S/c18-17(16-10-5-2-6-11-16)21-12-7-13-22-23(19,20)14-15-8-3-1-4-9-15/h1-6,8-11H,7,12-14H2. The van der Waals surface area contributed by atoms with Gasteiger partial charge in [-0.3, -0.25) is 4.18 Å². The van der Waals surface area contributed by atoms with Crippen LogP contribution in [0.25, 0.3) is 0 Å². The third kappa shape index (κ3) is 6.22. The first kappa shape index (κ1) is 17.2. The minimum absolute atomic E-state index is 0.0166. The van der Waals surface area contributed by atoms with Crippen molar-refractivity contribution in [3.63, 3.8) is 0 Å². The van der Waals surface area contributed by atoms with Crippen LogP contribution in [-0.2, 0) is 24.8 Å². The molecule has 0 saturated carbocycles. The van der Waals surface area contributed by atoms with Crippen LogP contribution in [0, 0.1) is 0 Å². The Bertz CT molecular complexity index is 711. The molecule has 122 valence electrons. The largest absolute Gasteiger partial charge is 0.462 e. The Morgan fingerprint density at radius 1 is 0.870 bits per heavy atom. The molecule has 0 N–H and O–H groups in total. The fraction of sp³-hybridized carbons (Fsp3) is 0.235. The van der Waals surface area contributed by atoms with Gasteiger partial charge in [0.15, 0.2) is 0 Å². The van der Waals surface area contributed by atoms with Gasteiger partial charge in [0.05, 0.1) is 18.8 Å². The molecule has 6 heteroatoms. The molecular weight excluding hydrogens is 316 g/mol. The van der Waals surface area contributed by atoms with Crippen molar-refractivity contribution in [2.75, 3.05) is 13.2 Å². The number of esters is 1. The van der Waals surface area contributed by atoms with Gasteiger partial charge in [-0.15, -0.1) is 0 Å². The van der Waals surface area contributed by atoms with E-state index in [1.165, 1.54) is 0 Å². The van der Waals surface area contributed by atoms with Crippen molar-refractivity contribution in [2.45, 2.75) is 12.2 Å². The normalized spacial score (nSPS) is 11.1. The highest BCUT2D eigenvalue weighted by molar-refractivity contribution is 7.85. The number of carbonyl (C=O) groups excluding carboxylic acids is 1. The third-order valence-corrected chi connectivity index (χ3v) is 4.19. The average molecular weight is 334 g/mol. The Balaban J connectivity index is 1.68. The lowest BCUT2D eigenvalue weighted by molar-refractivity contribution is 0.0487. The van der Waals surface area contributed by atoms with E-state index in [0.29, 0.717) is 17.5 Å². The second kappa shape index (κ2) is 8.45. The van der Waals surface area contributed by atoms with Crippen molar-refractivity contribution in [1.82, 2.24) is 0 Å². The van der Waals surface area contributed by atoms with Gasteiger partial charge in [0.25, 0.3) is 10.1 Å². The fourth-order valence-electron chi connectivity index (χ4n) is 1.89. The van der Waals surface area contributed by atoms with E-state index in [0.717, 1.165) is 0 Å². The summed E-state index contributed by atoms with van der Waals surface area (Å²) in [6.45, 7) is 0.0891. The predicted octanol–water partition coefficient (Wildman–Crippen LogP) is 2.78. The topological polar surface area (TPSA) is 69.7 Å². The monoisotopic (exact) mass is 334 g/mol. The zero-order valence-corrected chi connectivity index (χ0v) is 13.4. The molecule has 0 aliphatic carbocycles. The van der Waals surface area contributed by atoms with Crippen molar-refractivity contribution in [1.29, 1.82) is 0 Å². The third-order valence-electron chi connectivity index (χ3n) is 2.98. The molecule has 0 heterocycles. The number of hydrogen-bond donors (Lipinski definition) is 0. The summed E-state index contributed by atoms with van der Waals surface area (Å²) in [6, 6.07) is 17.4. The number of ether oxygens (including phenoxy) is 1. The van der Waals surface area contributed by atoms with Crippen LogP contribution in [0.1, 0.15) is 22.3 Å². The van der Waals surface area contributed by atoms with Crippen molar-refractivity contribution in [3.05, 3.63) is 71.8 Å². The molecule has 0 aliphatic rings. The maximum atomic E-state index is 11.8. The summed E-state index contributed by atoms with van der Waals surface area (Å²) in [7, 11) is -3.63. The van der Waals surface area contributed by atoms with Crippen molar-refractivity contribution < 1.29 is 22.1 Å². The Kier molecular flexibility index (Phi) is 6.31. The van der Waals surface area contributed by atoms with Gasteiger partial charge in [0.1, 0.15) is 5.75 Å². The van der Waals surface area contributed by atoms with Crippen LogP contribution >= 0.6 is 0 Å². The second-order valence-electron chi connectivity index (χ2n) is 4.87. The van der Waals surface area contributed by atoms with E-state index in [9.17, 15) is 13.2 Å². The maximum Gasteiger partial charge on any atom is 0.338 e. The van der Waals surface area contributed by atoms with Crippen LogP contribution < -0.4 is 0 Å². The Labute approximate surface area is 136 Å².